The molecule has 10 heteroatoms. The molecule has 0 saturated heterocycles. The van der Waals surface area contributed by atoms with Crippen molar-refractivity contribution < 1.29 is 33.8 Å². The summed E-state index contributed by atoms with van der Waals surface area (Å²) in [5.41, 5.74) is 1.58. The summed E-state index contributed by atoms with van der Waals surface area (Å²) in [4.78, 5) is 54.9. The summed E-state index contributed by atoms with van der Waals surface area (Å²) in [6, 6.07) is 11.2. The molecule has 0 spiro atoms. The topological polar surface area (TPSA) is 134 Å². The highest BCUT2D eigenvalue weighted by Crippen LogP contribution is 2.25. The maximum absolute atomic E-state index is 14.2. The highest BCUT2D eigenvalue weighted by Gasteiger charge is 2.37. The number of aliphatic hydroxyl groups excluding tert-OH is 1. The highest BCUT2D eigenvalue weighted by molar-refractivity contribution is 5.94. The largest absolute Gasteiger partial charge is 0.458 e. The second-order valence-electron chi connectivity index (χ2n) is 12.7. The predicted molar refractivity (Wildman–Crippen MR) is 164 cm³/mol. The predicted octanol–water partition coefficient (Wildman–Crippen LogP) is 4.15. The van der Waals surface area contributed by atoms with Crippen molar-refractivity contribution in [3.05, 3.63) is 70.8 Å². The number of aryl methyl sites for hydroxylation is 2. The van der Waals surface area contributed by atoms with Crippen molar-refractivity contribution in [3.8, 4) is 0 Å². The number of carbonyl (C=O) groups is 4. The van der Waals surface area contributed by atoms with Gasteiger partial charge in [0.1, 0.15) is 29.3 Å². The van der Waals surface area contributed by atoms with Crippen LogP contribution in [0.2, 0.25) is 0 Å². The number of amides is 3. The van der Waals surface area contributed by atoms with Crippen LogP contribution < -0.4 is 10.6 Å². The Kier molecular flexibility index (Phi) is 12.3. The van der Waals surface area contributed by atoms with E-state index >= 15 is 0 Å². The van der Waals surface area contributed by atoms with Crippen molar-refractivity contribution in [3.63, 3.8) is 0 Å². The lowest BCUT2D eigenvalue weighted by Crippen LogP contribution is -2.54. The molecule has 0 fully saturated rings. The molecule has 0 radical (unpaired) electrons. The number of nitrogens with zero attached hydrogens (tertiary/aromatic N) is 1. The van der Waals surface area contributed by atoms with E-state index in [0.717, 1.165) is 16.7 Å². The number of alkyl carbamates (subject to hydrolysis) is 1. The molecule has 2 aromatic carbocycles. The Morgan fingerprint density at radius 2 is 1.47 bits per heavy atom. The molecule has 2 rings (SSSR count). The Morgan fingerprint density at radius 3 is 2.00 bits per heavy atom. The molecule has 10 nitrogen and oxygen atoms in total. The zero-order chi connectivity index (χ0) is 32.5. The van der Waals surface area contributed by atoms with E-state index in [9.17, 15) is 24.3 Å². The second-order valence-corrected chi connectivity index (χ2v) is 12.7. The zero-order valence-electron chi connectivity index (χ0n) is 26.8. The highest BCUT2D eigenvalue weighted by atomic mass is 16.6. The molecular formula is C33H47N3O7. The molecule has 3 N–H and O–H groups in total. The van der Waals surface area contributed by atoms with E-state index in [1.807, 2.05) is 50.2 Å². The van der Waals surface area contributed by atoms with Gasteiger partial charge in [-0.3, -0.25) is 9.59 Å². The van der Waals surface area contributed by atoms with E-state index in [1.54, 1.807) is 53.7 Å². The zero-order valence-corrected chi connectivity index (χ0v) is 26.8. The third-order valence-corrected chi connectivity index (χ3v) is 6.42. The SMILES string of the molecule is Cc1ccc(C(C(=O)NC(Cc2ccccc2)C(=O)OC(C)(C)C)N(CCO)C(=O)C(C)NC(=O)OC(C)(C)C)cc1C. The third kappa shape index (κ3) is 11.4. The van der Waals surface area contributed by atoms with Crippen molar-refractivity contribution in [1.29, 1.82) is 0 Å². The van der Waals surface area contributed by atoms with E-state index in [0.29, 0.717) is 5.56 Å². The average molecular weight is 598 g/mol. The van der Waals surface area contributed by atoms with E-state index < -0.39 is 59.8 Å². The van der Waals surface area contributed by atoms with Crippen LogP contribution in [0, 0.1) is 13.8 Å². The quantitative estimate of drug-likeness (QED) is 0.331. The van der Waals surface area contributed by atoms with Gasteiger partial charge in [-0.2, -0.15) is 0 Å². The van der Waals surface area contributed by atoms with Crippen molar-refractivity contribution in [2.24, 2.45) is 0 Å². The standard InChI is InChI=1S/C33H47N3O7/c1-21-15-16-25(19-22(21)2)27(36(17-18-37)29(39)23(3)34-31(41)43-33(7,8)9)28(38)35-26(30(40)42-32(4,5)6)20-24-13-11-10-12-14-24/h10-16,19,23,26-27,37H,17-18,20H2,1-9H3,(H,34,41)(H,35,38). The molecule has 43 heavy (non-hydrogen) atoms. The van der Waals surface area contributed by atoms with Gasteiger partial charge in [-0.15, -0.1) is 0 Å². The molecule has 3 atom stereocenters. The van der Waals surface area contributed by atoms with Crippen LogP contribution in [-0.2, 0) is 30.3 Å². The summed E-state index contributed by atoms with van der Waals surface area (Å²) in [6.45, 7) is 15.0. The van der Waals surface area contributed by atoms with Gasteiger partial charge in [0.05, 0.1) is 6.61 Å². The van der Waals surface area contributed by atoms with Crippen molar-refractivity contribution in [1.82, 2.24) is 15.5 Å². The molecule has 0 bridgehead atoms. The van der Waals surface area contributed by atoms with Crippen molar-refractivity contribution >= 4 is 23.9 Å². The number of ether oxygens (including phenoxy) is 2. The number of hydrogen-bond acceptors (Lipinski definition) is 7. The maximum atomic E-state index is 14.2. The summed E-state index contributed by atoms with van der Waals surface area (Å²) in [5, 5.41) is 15.3. The number of rotatable bonds is 11. The lowest BCUT2D eigenvalue weighted by atomic mass is 9.97. The Bertz CT molecular complexity index is 1270. The summed E-state index contributed by atoms with van der Waals surface area (Å²) in [7, 11) is 0. The third-order valence-electron chi connectivity index (χ3n) is 6.42. The first-order valence-electron chi connectivity index (χ1n) is 14.5. The van der Waals surface area contributed by atoms with Crippen molar-refractivity contribution in [2.45, 2.75) is 98.1 Å². The van der Waals surface area contributed by atoms with Crippen LogP contribution >= 0.6 is 0 Å². The van der Waals surface area contributed by atoms with Gasteiger partial charge in [0, 0.05) is 13.0 Å². The van der Waals surface area contributed by atoms with Gasteiger partial charge in [-0.25, -0.2) is 9.59 Å². The second kappa shape index (κ2) is 15.0. The fourth-order valence-corrected chi connectivity index (χ4v) is 4.34. The lowest BCUT2D eigenvalue weighted by molar-refractivity contribution is -0.159. The Labute approximate surface area is 255 Å². The number of hydrogen-bond donors (Lipinski definition) is 3. The molecule has 0 aliphatic carbocycles. The molecular weight excluding hydrogens is 550 g/mol. The minimum absolute atomic E-state index is 0.158. The first-order chi connectivity index (χ1) is 19.9. The summed E-state index contributed by atoms with van der Waals surface area (Å²) in [5.74, 6) is -1.87. The van der Waals surface area contributed by atoms with Crippen LogP contribution in [0.25, 0.3) is 0 Å². The molecule has 0 aliphatic rings. The fraction of sp³-hybridized carbons (Fsp3) is 0.515. The van der Waals surface area contributed by atoms with Gasteiger partial charge >= 0.3 is 12.1 Å². The number of carbonyl (C=O) groups excluding carboxylic acids is 4. The number of aliphatic hydroxyl groups is 1. The van der Waals surface area contributed by atoms with Crippen LogP contribution in [0.3, 0.4) is 0 Å². The maximum Gasteiger partial charge on any atom is 0.408 e. The summed E-state index contributed by atoms with van der Waals surface area (Å²) in [6.07, 6.45) is -0.636. The van der Waals surface area contributed by atoms with Gasteiger partial charge in [-0.1, -0.05) is 48.5 Å². The molecule has 0 aliphatic heterocycles. The van der Waals surface area contributed by atoms with E-state index in [1.165, 1.54) is 11.8 Å². The molecule has 3 amide bonds. The summed E-state index contributed by atoms with van der Waals surface area (Å²) < 4.78 is 10.9. The van der Waals surface area contributed by atoms with Crippen LogP contribution in [0.5, 0.6) is 0 Å². The molecule has 236 valence electrons. The number of esters is 1. The van der Waals surface area contributed by atoms with Crippen LogP contribution in [0.4, 0.5) is 4.79 Å². The van der Waals surface area contributed by atoms with E-state index in [-0.39, 0.29) is 13.0 Å². The number of benzene rings is 2. The number of nitrogens with one attached hydrogen (secondary N) is 2. The molecule has 0 heterocycles. The minimum atomic E-state index is -1.23. The van der Waals surface area contributed by atoms with Crippen LogP contribution in [0.1, 0.15) is 76.8 Å². The fourth-order valence-electron chi connectivity index (χ4n) is 4.34. The van der Waals surface area contributed by atoms with Gasteiger partial charge in [0.15, 0.2) is 0 Å². The van der Waals surface area contributed by atoms with Gasteiger partial charge in [0.25, 0.3) is 0 Å². The molecule has 0 aromatic heterocycles. The first kappa shape index (κ1) is 35.3. The molecule has 3 unspecified atom stereocenters. The van der Waals surface area contributed by atoms with Gasteiger partial charge < -0.3 is 30.1 Å². The Morgan fingerprint density at radius 1 is 0.860 bits per heavy atom. The Hall–Kier alpha value is -3.92. The smallest absolute Gasteiger partial charge is 0.408 e. The minimum Gasteiger partial charge on any atom is -0.458 e. The Balaban J connectivity index is 2.52. The van der Waals surface area contributed by atoms with Gasteiger partial charge in [0.2, 0.25) is 11.8 Å². The van der Waals surface area contributed by atoms with Gasteiger partial charge in [-0.05, 0) is 84.6 Å². The normalized spacial score (nSPS) is 13.7. The first-order valence-corrected chi connectivity index (χ1v) is 14.5. The monoisotopic (exact) mass is 597 g/mol. The van der Waals surface area contributed by atoms with Crippen molar-refractivity contribution in [2.75, 3.05) is 13.2 Å². The van der Waals surface area contributed by atoms with E-state index in [4.69, 9.17) is 9.47 Å². The average Bonchev–Trinajstić information content (AvgIpc) is 2.88. The summed E-state index contributed by atoms with van der Waals surface area (Å²) >= 11 is 0. The molecule has 0 saturated carbocycles. The van der Waals surface area contributed by atoms with E-state index in [2.05, 4.69) is 10.6 Å². The van der Waals surface area contributed by atoms with Crippen LogP contribution in [-0.4, -0.2) is 70.3 Å². The molecule has 2 aromatic rings. The van der Waals surface area contributed by atoms with Crippen LogP contribution in [0.15, 0.2) is 48.5 Å². The lowest BCUT2D eigenvalue weighted by Gasteiger charge is -2.34.